The minimum absolute atomic E-state index is 0.0433. The first-order valence-electron chi connectivity index (χ1n) is 17.7. The monoisotopic (exact) mass is 745 g/mol. The summed E-state index contributed by atoms with van der Waals surface area (Å²) in [4.78, 5) is 45.5. The summed E-state index contributed by atoms with van der Waals surface area (Å²) in [5.74, 6) is -1.66. The van der Waals surface area contributed by atoms with Crippen molar-refractivity contribution in [1.29, 1.82) is 0 Å². The highest BCUT2D eigenvalue weighted by Gasteiger charge is 2.30. The van der Waals surface area contributed by atoms with Gasteiger partial charge in [0.2, 0.25) is 11.9 Å². The number of nitrogens with zero attached hydrogens (tertiary/aromatic N) is 3. The second-order valence-corrected chi connectivity index (χ2v) is 13.0. The molecule has 0 aliphatic heterocycles. The van der Waals surface area contributed by atoms with E-state index in [4.69, 9.17) is 9.47 Å². The molecule has 0 spiro atoms. The van der Waals surface area contributed by atoms with Crippen molar-refractivity contribution in [3.05, 3.63) is 155 Å². The zero-order valence-corrected chi connectivity index (χ0v) is 30.0. The number of ether oxygens (including phenoxy) is 2. The Kier molecular flexibility index (Phi) is 9.70. The van der Waals surface area contributed by atoms with Crippen molar-refractivity contribution >= 4 is 57.0 Å². The number of aromatic amines is 2. The van der Waals surface area contributed by atoms with Crippen LogP contribution >= 0.6 is 0 Å². The van der Waals surface area contributed by atoms with Gasteiger partial charge in [0.1, 0.15) is 0 Å². The zero-order chi connectivity index (χ0) is 38.6. The van der Waals surface area contributed by atoms with E-state index in [9.17, 15) is 19.8 Å². The van der Waals surface area contributed by atoms with E-state index < -0.39 is 17.9 Å². The van der Waals surface area contributed by atoms with Gasteiger partial charge in [0.25, 0.3) is 0 Å². The van der Waals surface area contributed by atoms with E-state index in [1.807, 2.05) is 115 Å². The van der Waals surface area contributed by atoms with E-state index in [-0.39, 0.29) is 36.5 Å². The van der Waals surface area contributed by atoms with Gasteiger partial charge in [-0.3, -0.25) is 9.59 Å². The second kappa shape index (κ2) is 15.4. The van der Waals surface area contributed by atoms with Crippen LogP contribution in [-0.2, 0) is 22.4 Å². The van der Waals surface area contributed by atoms with E-state index in [1.165, 1.54) is 7.11 Å². The summed E-state index contributed by atoms with van der Waals surface area (Å²) >= 11 is 0. The Hall–Kier alpha value is -7.67. The molecule has 0 bridgehead atoms. The number of aromatic nitrogens is 5. The lowest BCUT2D eigenvalue weighted by molar-refractivity contribution is -0.137. The van der Waals surface area contributed by atoms with Crippen LogP contribution in [0.5, 0.6) is 17.5 Å². The molecule has 0 fully saturated rings. The van der Waals surface area contributed by atoms with Crippen LogP contribution in [-0.4, -0.2) is 54.2 Å². The molecule has 0 aliphatic carbocycles. The Morgan fingerprint density at radius 3 is 1.59 bits per heavy atom. The number of carboxylic acids is 2. The topological polar surface area (TPSA) is 187 Å². The molecular formula is C43H35N7O6. The normalized spacial score (nSPS) is 11.2. The Morgan fingerprint density at radius 1 is 0.625 bits per heavy atom. The van der Waals surface area contributed by atoms with Crippen LogP contribution < -0.4 is 20.1 Å². The molecule has 0 amide bonds. The second-order valence-electron chi connectivity index (χ2n) is 13.0. The molecule has 3 aromatic heterocycles. The standard InChI is InChI=1S/C43H35N7O6/c1-55-34-21-20-25(22-35(34)56-43-49-41(44-26-12-4-2-5-13-26)48-42(50-43)45-27-14-6-3-7-15-27)38(39-30(23-36(51)52)28-16-8-10-18-32(28)46-39)40-31(24-37(53)54)29-17-9-11-19-33(29)47-40/h2-22,38,46-47H,23-24H2,1H3,(H,51,52)(H,53,54)(H2,44,45,48,49,50). The lowest BCUT2D eigenvalue weighted by Gasteiger charge is -2.21. The zero-order valence-electron chi connectivity index (χ0n) is 30.0. The van der Waals surface area contributed by atoms with Crippen LogP contribution in [0.2, 0.25) is 0 Å². The lowest BCUT2D eigenvalue weighted by Crippen LogP contribution is -2.13. The molecule has 5 aromatic carbocycles. The number of rotatable bonds is 14. The Labute approximate surface area is 320 Å². The number of nitrogens with one attached hydrogen (secondary N) is 4. The minimum Gasteiger partial charge on any atom is -0.493 e. The van der Waals surface area contributed by atoms with Gasteiger partial charge in [-0.25, -0.2) is 0 Å². The Balaban J connectivity index is 1.29. The van der Waals surface area contributed by atoms with Gasteiger partial charge < -0.3 is 40.3 Å². The number of methoxy groups -OCH3 is 1. The number of aliphatic carboxylic acids is 2. The average Bonchev–Trinajstić information content (AvgIpc) is 3.73. The van der Waals surface area contributed by atoms with Gasteiger partial charge >= 0.3 is 17.9 Å². The molecule has 3 heterocycles. The van der Waals surface area contributed by atoms with Gasteiger partial charge in [0, 0.05) is 44.6 Å². The smallest absolute Gasteiger partial charge is 0.328 e. The molecular weight excluding hydrogens is 711 g/mol. The lowest BCUT2D eigenvalue weighted by atomic mass is 9.86. The summed E-state index contributed by atoms with van der Waals surface area (Å²) in [6, 6.07) is 39.2. The molecule has 8 aromatic rings. The third-order valence-corrected chi connectivity index (χ3v) is 9.32. The fourth-order valence-electron chi connectivity index (χ4n) is 6.96. The molecule has 13 nitrogen and oxygen atoms in total. The molecule has 0 radical (unpaired) electrons. The molecule has 278 valence electrons. The van der Waals surface area contributed by atoms with Crippen molar-refractivity contribution < 1.29 is 29.3 Å². The van der Waals surface area contributed by atoms with Crippen molar-refractivity contribution in [2.45, 2.75) is 18.8 Å². The number of carboxylic acid groups (broad SMARTS) is 2. The summed E-state index contributed by atoms with van der Waals surface area (Å²) in [6.07, 6.45) is -0.549. The third kappa shape index (κ3) is 7.41. The maximum absolute atomic E-state index is 12.4. The van der Waals surface area contributed by atoms with Crippen molar-refractivity contribution in [1.82, 2.24) is 24.9 Å². The highest BCUT2D eigenvalue weighted by atomic mass is 16.5. The minimum atomic E-state index is -1.01. The number of carbonyl (C=O) groups is 2. The largest absolute Gasteiger partial charge is 0.493 e. The molecule has 56 heavy (non-hydrogen) atoms. The van der Waals surface area contributed by atoms with Gasteiger partial charge in [-0.15, -0.1) is 0 Å². The number of H-pyrrole nitrogens is 2. The van der Waals surface area contributed by atoms with Crippen LogP contribution in [0.15, 0.2) is 127 Å². The quantitative estimate of drug-likeness (QED) is 0.0626. The Morgan fingerprint density at radius 2 is 1.11 bits per heavy atom. The number of anilines is 4. The third-order valence-electron chi connectivity index (χ3n) is 9.32. The van der Waals surface area contributed by atoms with Crippen LogP contribution in [0.1, 0.15) is 34.0 Å². The van der Waals surface area contributed by atoms with Crippen molar-refractivity contribution in [2.24, 2.45) is 0 Å². The first-order valence-corrected chi connectivity index (χ1v) is 17.7. The number of hydrogen-bond donors (Lipinski definition) is 6. The van der Waals surface area contributed by atoms with E-state index in [0.717, 1.165) is 33.2 Å². The van der Waals surface area contributed by atoms with Gasteiger partial charge in [0.05, 0.1) is 25.9 Å². The van der Waals surface area contributed by atoms with Gasteiger partial charge in [0.15, 0.2) is 11.5 Å². The summed E-state index contributed by atoms with van der Waals surface area (Å²) in [7, 11) is 1.52. The van der Waals surface area contributed by atoms with Gasteiger partial charge in [-0.1, -0.05) is 78.9 Å². The fourth-order valence-corrected chi connectivity index (χ4v) is 6.96. The number of hydrogen-bond acceptors (Lipinski definition) is 9. The predicted octanol–water partition coefficient (Wildman–Crippen LogP) is 8.56. The molecule has 0 saturated carbocycles. The number of fused-ring (bicyclic) bond motifs is 2. The van der Waals surface area contributed by atoms with Crippen LogP contribution in [0.25, 0.3) is 21.8 Å². The summed E-state index contributed by atoms with van der Waals surface area (Å²) in [5, 5.41) is 28.2. The fraction of sp³-hybridized carbons (Fsp3) is 0.0930. The van der Waals surface area contributed by atoms with Gasteiger partial charge in [-0.2, -0.15) is 15.0 Å². The van der Waals surface area contributed by atoms with Crippen molar-refractivity contribution in [2.75, 3.05) is 17.7 Å². The molecule has 6 N–H and O–H groups in total. The van der Waals surface area contributed by atoms with Crippen molar-refractivity contribution in [3.63, 3.8) is 0 Å². The summed E-state index contributed by atoms with van der Waals surface area (Å²) in [6.45, 7) is 0. The van der Waals surface area contributed by atoms with E-state index >= 15 is 0 Å². The molecule has 8 rings (SSSR count). The van der Waals surface area contributed by atoms with Crippen LogP contribution in [0, 0.1) is 0 Å². The van der Waals surface area contributed by atoms with Crippen molar-refractivity contribution in [3.8, 4) is 17.5 Å². The molecule has 0 unspecified atom stereocenters. The molecule has 0 saturated heterocycles. The highest BCUT2D eigenvalue weighted by Crippen LogP contribution is 2.43. The van der Waals surface area contributed by atoms with Crippen LogP contribution in [0.3, 0.4) is 0 Å². The van der Waals surface area contributed by atoms with E-state index in [0.29, 0.717) is 33.8 Å². The summed E-state index contributed by atoms with van der Waals surface area (Å²) < 4.78 is 12.2. The van der Waals surface area contributed by atoms with E-state index in [2.05, 4.69) is 35.6 Å². The average molecular weight is 746 g/mol. The van der Waals surface area contributed by atoms with Crippen LogP contribution in [0.4, 0.5) is 23.3 Å². The maximum Gasteiger partial charge on any atom is 0.328 e. The molecule has 0 atom stereocenters. The maximum atomic E-state index is 12.4. The first-order chi connectivity index (χ1) is 27.3. The highest BCUT2D eigenvalue weighted by molar-refractivity contribution is 5.91. The summed E-state index contributed by atoms with van der Waals surface area (Å²) in [5.41, 5.74) is 5.96. The van der Waals surface area contributed by atoms with E-state index in [1.54, 1.807) is 12.1 Å². The van der Waals surface area contributed by atoms with Gasteiger partial charge in [-0.05, 0) is 65.2 Å². The Bertz CT molecular complexity index is 2540. The SMILES string of the molecule is COc1ccc(C(c2[nH]c3ccccc3c2CC(=O)O)c2[nH]c3ccccc3c2CC(=O)O)cc1Oc1nc(Nc2ccccc2)nc(Nc2ccccc2)n1. The number of para-hydroxylation sites is 4. The number of benzene rings is 5. The first kappa shape index (κ1) is 35.4. The molecule has 13 heteroatoms. The predicted molar refractivity (Wildman–Crippen MR) is 213 cm³/mol. The molecule has 0 aliphatic rings.